The van der Waals surface area contributed by atoms with Crippen LogP contribution in [0.15, 0.2) is 70.1 Å². The maximum Gasteiger partial charge on any atom is 0.245 e. The van der Waals surface area contributed by atoms with Crippen molar-refractivity contribution in [1.29, 1.82) is 0 Å². The number of rotatable bonds is 9. The summed E-state index contributed by atoms with van der Waals surface area (Å²) in [5.41, 5.74) is 1.29. The molecule has 7 heteroatoms. The van der Waals surface area contributed by atoms with Gasteiger partial charge in [-0.3, -0.25) is 0 Å². The number of benzene rings is 2. The zero-order valence-corrected chi connectivity index (χ0v) is 19.7. The molecule has 2 heterocycles. The molecule has 2 aliphatic rings. The van der Waals surface area contributed by atoms with Gasteiger partial charge in [-0.1, -0.05) is 73.0 Å². The molecule has 0 amide bonds. The Morgan fingerprint density at radius 1 is 0.939 bits per heavy atom. The number of hydrogen-bond acceptors (Lipinski definition) is 5. The quantitative estimate of drug-likeness (QED) is 0.435. The van der Waals surface area contributed by atoms with Crippen molar-refractivity contribution in [2.24, 2.45) is 11.8 Å². The van der Waals surface area contributed by atoms with Gasteiger partial charge < -0.3 is 4.52 Å². The van der Waals surface area contributed by atoms with Gasteiger partial charge in [0.25, 0.3) is 0 Å². The van der Waals surface area contributed by atoms with Gasteiger partial charge in [0.2, 0.25) is 15.9 Å². The minimum Gasteiger partial charge on any atom is -0.338 e. The highest BCUT2D eigenvalue weighted by Crippen LogP contribution is 2.43. The van der Waals surface area contributed by atoms with Crippen LogP contribution in [0.2, 0.25) is 0 Å². The molecular formula is C26H31N3O3S. The second-order valence-corrected chi connectivity index (χ2v) is 11.3. The van der Waals surface area contributed by atoms with Crippen molar-refractivity contribution in [3.63, 3.8) is 0 Å². The van der Waals surface area contributed by atoms with E-state index in [-0.39, 0.29) is 0 Å². The molecule has 2 fully saturated rings. The maximum absolute atomic E-state index is 13.5. The molecule has 174 valence electrons. The molecule has 1 aliphatic heterocycles. The van der Waals surface area contributed by atoms with Gasteiger partial charge in [-0.05, 0) is 55.2 Å². The molecule has 1 aromatic heterocycles. The Balaban J connectivity index is 1.31. The van der Waals surface area contributed by atoms with Crippen molar-refractivity contribution >= 4 is 10.0 Å². The fourth-order valence-electron chi connectivity index (χ4n) is 5.08. The SMILES string of the molecule is O=S(=O)(c1ccccc1)N1CC(CC2CCC2)CC1c1nc(CCCc2ccccc2)no1. The molecule has 0 bridgehead atoms. The topological polar surface area (TPSA) is 76.3 Å². The first-order valence-corrected chi connectivity index (χ1v) is 13.5. The largest absolute Gasteiger partial charge is 0.338 e. The van der Waals surface area contributed by atoms with E-state index in [2.05, 4.69) is 22.3 Å². The highest BCUT2D eigenvalue weighted by molar-refractivity contribution is 7.89. The Labute approximate surface area is 196 Å². The summed E-state index contributed by atoms with van der Waals surface area (Å²) < 4.78 is 34.3. The van der Waals surface area contributed by atoms with Gasteiger partial charge in [-0.15, -0.1) is 0 Å². The Bertz CT molecular complexity index is 1140. The van der Waals surface area contributed by atoms with E-state index in [0.717, 1.165) is 31.6 Å². The van der Waals surface area contributed by atoms with Gasteiger partial charge in [0, 0.05) is 13.0 Å². The molecule has 33 heavy (non-hydrogen) atoms. The van der Waals surface area contributed by atoms with E-state index in [1.54, 1.807) is 28.6 Å². The fraction of sp³-hybridized carbons (Fsp3) is 0.462. The Kier molecular flexibility index (Phi) is 6.60. The van der Waals surface area contributed by atoms with Gasteiger partial charge in [-0.25, -0.2) is 8.42 Å². The summed E-state index contributed by atoms with van der Waals surface area (Å²) in [6, 6.07) is 18.6. The smallest absolute Gasteiger partial charge is 0.245 e. The highest BCUT2D eigenvalue weighted by Gasteiger charge is 2.44. The van der Waals surface area contributed by atoms with Crippen molar-refractivity contribution in [2.75, 3.05) is 6.54 Å². The molecular weight excluding hydrogens is 434 g/mol. The first kappa shape index (κ1) is 22.3. The average Bonchev–Trinajstić information content (AvgIpc) is 3.45. The minimum absolute atomic E-state index is 0.321. The number of hydrogen-bond donors (Lipinski definition) is 0. The maximum atomic E-state index is 13.5. The number of aryl methyl sites for hydroxylation is 2. The highest BCUT2D eigenvalue weighted by atomic mass is 32.2. The van der Waals surface area contributed by atoms with Gasteiger partial charge in [0.1, 0.15) is 6.04 Å². The van der Waals surface area contributed by atoms with Crippen molar-refractivity contribution in [3.8, 4) is 0 Å². The van der Waals surface area contributed by atoms with Crippen molar-refractivity contribution in [3.05, 3.63) is 77.9 Å². The van der Waals surface area contributed by atoms with Crippen LogP contribution in [0.3, 0.4) is 0 Å². The van der Waals surface area contributed by atoms with Crippen LogP contribution >= 0.6 is 0 Å². The molecule has 0 spiro atoms. The predicted octanol–water partition coefficient (Wildman–Crippen LogP) is 5.19. The second-order valence-electron chi connectivity index (χ2n) is 9.43. The summed E-state index contributed by atoms with van der Waals surface area (Å²) in [7, 11) is -3.63. The molecule has 5 rings (SSSR count). The van der Waals surface area contributed by atoms with Crippen LogP contribution in [0.25, 0.3) is 0 Å². The van der Waals surface area contributed by atoms with Crippen molar-refractivity contribution in [2.45, 2.75) is 62.3 Å². The van der Waals surface area contributed by atoms with E-state index in [9.17, 15) is 8.42 Å². The molecule has 1 saturated heterocycles. The van der Waals surface area contributed by atoms with Crippen molar-refractivity contribution in [1.82, 2.24) is 14.4 Å². The zero-order chi connectivity index (χ0) is 22.7. The average molecular weight is 466 g/mol. The van der Waals surface area contributed by atoms with Crippen LogP contribution in [0.5, 0.6) is 0 Å². The van der Waals surface area contributed by atoms with E-state index < -0.39 is 16.1 Å². The molecule has 1 aliphatic carbocycles. The first-order valence-electron chi connectivity index (χ1n) is 12.0. The second kappa shape index (κ2) is 9.77. The van der Waals surface area contributed by atoms with Crippen LogP contribution < -0.4 is 0 Å². The summed E-state index contributed by atoms with van der Waals surface area (Å²) in [6.07, 6.45) is 8.22. The van der Waals surface area contributed by atoms with E-state index in [1.807, 2.05) is 24.3 Å². The molecule has 1 saturated carbocycles. The van der Waals surface area contributed by atoms with E-state index in [1.165, 1.54) is 24.8 Å². The number of sulfonamides is 1. The van der Waals surface area contributed by atoms with Gasteiger partial charge >= 0.3 is 0 Å². The number of aromatic nitrogens is 2. The van der Waals surface area contributed by atoms with Gasteiger partial charge in [-0.2, -0.15) is 9.29 Å². The monoisotopic (exact) mass is 465 g/mol. The summed E-state index contributed by atoms with van der Waals surface area (Å²) in [5.74, 6) is 2.14. The lowest BCUT2D eigenvalue weighted by atomic mass is 9.78. The number of nitrogens with zero attached hydrogens (tertiary/aromatic N) is 3. The Hall–Kier alpha value is -2.51. The normalized spacial score (nSPS) is 21.8. The third-order valence-electron chi connectivity index (χ3n) is 7.06. The molecule has 0 N–H and O–H groups in total. The molecule has 0 radical (unpaired) electrons. The minimum atomic E-state index is -3.63. The lowest BCUT2D eigenvalue weighted by Gasteiger charge is -2.27. The molecule has 3 aromatic rings. The third-order valence-corrected chi connectivity index (χ3v) is 8.95. The van der Waals surface area contributed by atoms with Crippen LogP contribution in [0, 0.1) is 11.8 Å². The van der Waals surface area contributed by atoms with E-state index >= 15 is 0 Å². The van der Waals surface area contributed by atoms with Crippen molar-refractivity contribution < 1.29 is 12.9 Å². The Morgan fingerprint density at radius 2 is 1.67 bits per heavy atom. The van der Waals surface area contributed by atoms with Crippen LogP contribution in [0.4, 0.5) is 0 Å². The molecule has 6 nitrogen and oxygen atoms in total. The van der Waals surface area contributed by atoms with Crippen LogP contribution in [0.1, 0.15) is 61.8 Å². The first-order chi connectivity index (χ1) is 16.1. The Morgan fingerprint density at radius 3 is 2.36 bits per heavy atom. The fourth-order valence-corrected chi connectivity index (χ4v) is 6.77. The van der Waals surface area contributed by atoms with E-state index in [0.29, 0.717) is 35.5 Å². The third kappa shape index (κ3) is 5.04. The zero-order valence-electron chi connectivity index (χ0n) is 18.8. The summed E-state index contributed by atoms with van der Waals surface area (Å²) >= 11 is 0. The van der Waals surface area contributed by atoms with Crippen LogP contribution in [-0.4, -0.2) is 29.4 Å². The lowest BCUT2D eigenvalue weighted by Crippen LogP contribution is -2.31. The van der Waals surface area contributed by atoms with Gasteiger partial charge in [0.15, 0.2) is 5.82 Å². The summed E-state index contributed by atoms with van der Waals surface area (Å²) in [4.78, 5) is 4.97. The molecule has 2 atom stereocenters. The van der Waals surface area contributed by atoms with E-state index in [4.69, 9.17) is 4.52 Å². The summed E-state index contributed by atoms with van der Waals surface area (Å²) in [5, 5.41) is 4.19. The summed E-state index contributed by atoms with van der Waals surface area (Å²) in [6.45, 7) is 0.518. The standard InChI is InChI=1S/C26H31N3O3S/c30-33(31,23-14-5-2-6-15-23)29-19-22(17-21-12-7-13-21)18-24(29)26-27-25(28-32-26)16-8-11-20-9-3-1-4-10-20/h1-6,9-10,14-15,21-22,24H,7-8,11-13,16-19H2. The predicted molar refractivity (Wildman–Crippen MR) is 126 cm³/mol. The molecule has 2 aromatic carbocycles. The van der Waals surface area contributed by atoms with Crippen LogP contribution in [-0.2, 0) is 22.9 Å². The van der Waals surface area contributed by atoms with Gasteiger partial charge in [0.05, 0.1) is 4.90 Å². The lowest BCUT2D eigenvalue weighted by molar-refractivity contribution is 0.252. The molecule has 2 unspecified atom stereocenters.